The number of aliphatic hydroxyl groups excluding tert-OH is 1. The molecule has 1 aliphatic carbocycles. The third kappa shape index (κ3) is 3.26. The van der Waals surface area contributed by atoms with Gasteiger partial charge in [0.15, 0.2) is 0 Å². The Bertz CT molecular complexity index is 369. The number of hydrogen-bond donors (Lipinski definition) is 2. The van der Waals surface area contributed by atoms with Crippen LogP contribution in [0.5, 0.6) is 0 Å². The highest BCUT2D eigenvalue weighted by atomic mass is 16.3. The predicted molar refractivity (Wildman–Crippen MR) is 76.7 cm³/mol. The molecule has 0 radical (unpaired) electrons. The Morgan fingerprint density at radius 2 is 1.78 bits per heavy atom. The fourth-order valence-corrected chi connectivity index (χ4v) is 2.99. The lowest BCUT2D eigenvalue weighted by atomic mass is 9.84. The number of aliphatic hydroxyl groups is 1. The summed E-state index contributed by atoms with van der Waals surface area (Å²) in [5, 5.41) is 13.4. The molecule has 0 aromatic heterocycles. The molecular formula is C16H25NO. The smallest absolute Gasteiger partial charge is 0.0781 e. The van der Waals surface area contributed by atoms with E-state index in [9.17, 15) is 5.11 Å². The first-order valence-electron chi connectivity index (χ1n) is 7.22. The van der Waals surface area contributed by atoms with Gasteiger partial charge in [-0.3, -0.25) is 0 Å². The molecule has 1 aromatic rings. The fraction of sp³-hybridized carbons (Fsp3) is 0.625. The van der Waals surface area contributed by atoms with Gasteiger partial charge in [0.05, 0.1) is 6.10 Å². The molecule has 0 heterocycles. The molecule has 0 spiro atoms. The zero-order valence-electron chi connectivity index (χ0n) is 11.5. The van der Waals surface area contributed by atoms with Crippen LogP contribution in [0.3, 0.4) is 0 Å². The summed E-state index contributed by atoms with van der Waals surface area (Å²) in [6, 6.07) is 8.58. The van der Waals surface area contributed by atoms with Gasteiger partial charge in [0, 0.05) is 17.3 Å². The fourth-order valence-electron chi connectivity index (χ4n) is 2.99. The Hall–Kier alpha value is -1.02. The Balaban J connectivity index is 2.03. The lowest BCUT2D eigenvalue weighted by molar-refractivity contribution is 0.200. The lowest BCUT2D eigenvalue weighted by Gasteiger charge is -2.30. The molecule has 2 N–H and O–H groups in total. The highest BCUT2D eigenvalue weighted by molar-refractivity contribution is 5.52. The molecule has 0 saturated heterocycles. The van der Waals surface area contributed by atoms with Crippen molar-refractivity contribution in [3.05, 3.63) is 29.8 Å². The summed E-state index contributed by atoms with van der Waals surface area (Å²) in [6.07, 6.45) is 6.40. The normalized spacial score (nSPS) is 20.4. The van der Waals surface area contributed by atoms with Crippen LogP contribution in [0.15, 0.2) is 24.3 Å². The topological polar surface area (TPSA) is 32.3 Å². The van der Waals surface area contributed by atoms with E-state index in [2.05, 4.69) is 18.3 Å². The van der Waals surface area contributed by atoms with Crippen molar-refractivity contribution in [3.8, 4) is 0 Å². The summed E-state index contributed by atoms with van der Waals surface area (Å²) in [4.78, 5) is 0. The van der Waals surface area contributed by atoms with Crippen LogP contribution in [0.2, 0.25) is 0 Å². The molecule has 2 unspecified atom stereocenters. The summed E-state index contributed by atoms with van der Waals surface area (Å²) in [5.74, 6) is 0.779. The average molecular weight is 247 g/mol. The number of anilines is 1. The molecule has 2 atom stereocenters. The van der Waals surface area contributed by atoms with Crippen molar-refractivity contribution in [2.45, 2.75) is 58.1 Å². The molecule has 2 nitrogen and oxygen atoms in total. The van der Waals surface area contributed by atoms with Gasteiger partial charge in [0.25, 0.3) is 0 Å². The number of hydrogen-bond acceptors (Lipinski definition) is 2. The zero-order valence-corrected chi connectivity index (χ0v) is 11.5. The molecule has 2 rings (SSSR count). The Labute approximate surface area is 110 Å². The van der Waals surface area contributed by atoms with Crippen molar-refractivity contribution in [1.82, 2.24) is 0 Å². The van der Waals surface area contributed by atoms with Crippen LogP contribution in [0.4, 0.5) is 5.69 Å². The molecule has 2 heteroatoms. The maximum absolute atomic E-state index is 9.79. The van der Waals surface area contributed by atoms with Gasteiger partial charge in [-0.1, -0.05) is 37.5 Å². The molecule has 0 amide bonds. The van der Waals surface area contributed by atoms with E-state index < -0.39 is 6.10 Å². The minimum Gasteiger partial charge on any atom is -0.389 e. The zero-order chi connectivity index (χ0) is 13.0. The Morgan fingerprint density at radius 3 is 2.44 bits per heavy atom. The summed E-state index contributed by atoms with van der Waals surface area (Å²) < 4.78 is 0. The van der Waals surface area contributed by atoms with Crippen molar-refractivity contribution in [1.29, 1.82) is 0 Å². The minimum absolute atomic E-state index is 0.410. The molecule has 0 aliphatic heterocycles. The van der Waals surface area contributed by atoms with E-state index in [-0.39, 0.29) is 0 Å². The monoisotopic (exact) mass is 247 g/mol. The van der Waals surface area contributed by atoms with E-state index in [1.165, 1.54) is 32.1 Å². The Kier molecular flexibility index (Phi) is 4.65. The molecule has 1 aliphatic rings. The van der Waals surface area contributed by atoms with E-state index >= 15 is 0 Å². The van der Waals surface area contributed by atoms with E-state index in [0.717, 1.165) is 17.2 Å². The quantitative estimate of drug-likeness (QED) is 0.838. The molecule has 18 heavy (non-hydrogen) atoms. The van der Waals surface area contributed by atoms with Gasteiger partial charge >= 0.3 is 0 Å². The summed E-state index contributed by atoms with van der Waals surface area (Å²) in [7, 11) is 0. The summed E-state index contributed by atoms with van der Waals surface area (Å²) in [6.45, 7) is 4.10. The first-order valence-corrected chi connectivity index (χ1v) is 7.22. The second kappa shape index (κ2) is 6.24. The molecule has 100 valence electrons. The number of rotatable bonds is 4. The van der Waals surface area contributed by atoms with Crippen molar-refractivity contribution < 1.29 is 5.11 Å². The van der Waals surface area contributed by atoms with Gasteiger partial charge in [-0.05, 0) is 38.7 Å². The van der Waals surface area contributed by atoms with Gasteiger partial charge in [-0.2, -0.15) is 0 Å². The van der Waals surface area contributed by atoms with Crippen LogP contribution in [-0.4, -0.2) is 11.1 Å². The number of nitrogens with one attached hydrogen (secondary N) is 1. The largest absolute Gasteiger partial charge is 0.389 e. The number of benzene rings is 1. The lowest BCUT2D eigenvalue weighted by Crippen LogP contribution is -2.28. The second-order valence-electron chi connectivity index (χ2n) is 5.59. The molecule has 1 aromatic carbocycles. The first-order chi connectivity index (χ1) is 8.68. The summed E-state index contributed by atoms with van der Waals surface area (Å²) in [5.41, 5.74) is 2.09. The van der Waals surface area contributed by atoms with Crippen LogP contribution in [0.1, 0.15) is 57.6 Å². The molecular weight excluding hydrogens is 222 g/mol. The van der Waals surface area contributed by atoms with Crippen molar-refractivity contribution in [2.24, 2.45) is 5.92 Å². The van der Waals surface area contributed by atoms with Gasteiger partial charge in [-0.15, -0.1) is 0 Å². The third-order valence-electron chi connectivity index (χ3n) is 4.15. The van der Waals surface area contributed by atoms with Crippen molar-refractivity contribution in [3.63, 3.8) is 0 Å². The highest BCUT2D eigenvalue weighted by Gasteiger charge is 2.20. The van der Waals surface area contributed by atoms with Crippen LogP contribution in [0.25, 0.3) is 0 Å². The van der Waals surface area contributed by atoms with Gasteiger partial charge in [-0.25, -0.2) is 0 Å². The van der Waals surface area contributed by atoms with Crippen LogP contribution >= 0.6 is 0 Å². The first kappa shape index (κ1) is 13.4. The van der Waals surface area contributed by atoms with Gasteiger partial charge in [0.1, 0.15) is 0 Å². The molecule has 1 fully saturated rings. The van der Waals surface area contributed by atoms with E-state index in [1.54, 1.807) is 0 Å². The minimum atomic E-state index is -0.410. The Morgan fingerprint density at radius 1 is 1.11 bits per heavy atom. The third-order valence-corrected chi connectivity index (χ3v) is 4.15. The summed E-state index contributed by atoms with van der Waals surface area (Å²) >= 11 is 0. The van der Waals surface area contributed by atoms with Crippen LogP contribution in [-0.2, 0) is 0 Å². The van der Waals surface area contributed by atoms with Crippen LogP contribution < -0.4 is 5.32 Å². The average Bonchev–Trinajstić information content (AvgIpc) is 2.40. The van der Waals surface area contributed by atoms with E-state index in [1.807, 2.05) is 25.1 Å². The SMILES string of the molecule is CC(O)c1ccccc1NC(C)C1CCCCC1. The van der Waals surface area contributed by atoms with Crippen molar-refractivity contribution >= 4 is 5.69 Å². The van der Waals surface area contributed by atoms with E-state index in [4.69, 9.17) is 0 Å². The second-order valence-corrected chi connectivity index (χ2v) is 5.59. The molecule has 1 saturated carbocycles. The van der Waals surface area contributed by atoms with Crippen molar-refractivity contribution in [2.75, 3.05) is 5.32 Å². The number of para-hydroxylation sites is 1. The maximum Gasteiger partial charge on any atom is 0.0781 e. The predicted octanol–water partition coefficient (Wildman–Crippen LogP) is 4.12. The maximum atomic E-state index is 9.79. The standard InChI is InChI=1S/C16H25NO/c1-12(14-8-4-3-5-9-14)17-16-11-7-6-10-15(16)13(2)18/h6-7,10-14,17-18H,3-5,8-9H2,1-2H3. The van der Waals surface area contributed by atoms with Gasteiger partial charge in [0.2, 0.25) is 0 Å². The molecule has 0 bridgehead atoms. The highest BCUT2D eigenvalue weighted by Crippen LogP contribution is 2.30. The van der Waals surface area contributed by atoms with E-state index in [0.29, 0.717) is 6.04 Å². The van der Waals surface area contributed by atoms with Gasteiger partial charge < -0.3 is 10.4 Å². The van der Waals surface area contributed by atoms with Crippen LogP contribution in [0, 0.1) is 5.92 Å².